The van der Waals surface area contributed by atoms with Crippen molar-refractivity contribution >= 4 is 28.3 Å². The van der Waals surface area contributed by atoms with Crippen molar-refractivity contribution in [3.8, 4) is 5.75 Å². The molecule has 1 amide bonds. The zero-order valence-corrected chi connectivity index (χ0v) is 16.8. The van der Waals surface area contributed by atoms with E-state index in [1.54, 1.807) is 11.1 Å². The predicted molar refractivity (Wildman–Crippen MR) is 112 cm³/mol. The number of nitrogens with one attached hydrogen (secondary N) is 1. The molecule has 0 aliphatic carbocycles. The van der Waals surface area contributed by atoms with Crippen molar-refractivity contribution < 1.29 is 9.53 Å². The smallest absolute Gasteiger partial charge is 0.257 e. The quantitative estimate of drug-likeness (QED) is 0.653. The number of hydrogen-bond acceptors (Lipinski definition) is 5. The Morgan fingerprint density at radius 3 is 2.57 bits per heavy atom. The molecule has 0 atom stereocenters. The molecule has 146 valence electrons. The van der Waals surface area contributed by atoms with Crippen LogP contribution in [0.3, 0.4) is 0 Å². The van der Waals surface area contributed by atoms with E-state index in [0.29, 0.717) is 36.6 Å². The third kappa shape index (κ3) is 3.91. The molecule has 2 heterocycles. The van der Waals surface area contributed by atoms with Gasteiger partial charge >= 0.3 is 0 Å². The summed E-state index contributed by atoms with van der Waals surface area (Å²) < 4.78 is 5.74. The molecule has 6 nitrogen and oxygen atoms in total. The summed E-state index contributed by atoms with van der Waals surface area (Å²) >= 11 is 0. The number of hydrogen-bond donors (Lipinski definition) is 1. The fourth-order valence-electron chi connectivity index (χ4n) is 3.14. The SMILES string of the molecule is CCOc1ccccc1Nc1c(C(=O)N(CC)CC)cnc2nc(C)ccc12. The van der Waals surface area contributed by atoms with Gasteiger partial charge in [-0.1, -0.05) is 12.1 Å². The van der Waals surface area contributed by atoms with E-state index in [1.165, 1.54) is 0 Å². The Balaban J connectivity index is 2.17. The van der Waals surface area contributed by atoms with Gasteiger partial charge < -0.3 is 15.0 Å². The van der Waals surface area contributed by atoms with Gasteiger partial charge in [0.15, 0.2) is 5.65 Å². The van der Waals surface area contributed by atoms with Crippen LogP contribution in [0, 0.1) is 6.92 Å². The number of aromatic nitrogens is 2. The highest BCUT2D eigenvalue weighted by Gasteiger charge is 2.21. The number of ether oxygens (including phenoxy) is 1. The second-order valence-corrected chi connectivity index (χ2v) is 6.40. The number of nitrogens with zero attached hydrogens (tertiary/aromatic N) is 3. The Hall–Kier alpha value is -3.15. The van der Waals surface area contributed by atoms with Gasteiger partial charge in [0.2, 0.25) is 0 Å². The Morgan fingerprint density at radius 2 is 1.86 bits per heavy atom. The summed E-state index contributed by atoms with van der Waals surface area (Å²) in [7, 11) is 0. The molecule has 28 heavy (non-hydrogen) atoms. The maximum Gasteiger partial charge on any atom is 0.257 e. The molecule has 6 heteroatoms. The third-order valence-electron chi connectivity index (χ3n) is 4.60. The molecule has 0 unspecified atom stereocenters. The molecule has 0 radical (unpaired) electrons. The Morgan fingerprint density at radius 1 is 1.11 bits per heavy atom. The molecule has 0 fully saturated rings. The number of para-hydroxylation sites is 2. The molecule has 0 saturated carbocycles. The summed E-state index contributed by atoms with van der Waals surface area (Å²) in [5, 5.41) is 4.22. The second-order valence-electron chi connectivity index (χ2n) is 6.40. The van der Waals surface area contributed by atoms with E-state index >= 15 is 0 Å². The average Bonchev–Trinajstić information content (AvgIpc) is 2.70. The third-order valence-corrected chi connectivity index (χ3v) is 4.60. The van der Waals surface area contributed by atoms with Gasteiger partial charge in [0.1, 0.15) is 5.75 Å². The maximum atomic E-state index is 13.1. The minimum atomic E-state index is -0.0589. The van der Waals surface area contributed by atoms with Crippen LogP contribution in [0.5, 0.6) is 5.75 Å². The van der Waals surface area contributed by atoms with Gasteiger partial charge in [0.25, 0.3) is 5.91 Å². The number of amides is 1. The first-order valence-electron chi connectivity index (χ1n) is 9.63. The highest BCUT2D eigenvalue weighted by molar-refractivity contribution is 6.07. The van der Waals surface area contributed by atoms with Crippen LogP contribution in [-0.2, 0) is 0 Å². The van der Waals surface area contributed by atoms with Gasteiger partial charge in [-0.2, -0.15) is 0 Å². The zero-order chi connectivity index (χ0) is 20.1. The average molecular weight is 378 g/mol. The molecule has 3 rings (SSSR count). The fourth-order valence-corrected chi connectivity index (χ4v) is 3.14. The molecule has 3 aromatic rings. The number of carbonyl (C=O) groups excluding carboxylic acids is 1. The van der Waals surface area contributed by atoms with Gasteiger partial charge in [0.05, 0.1) is 23.5 Å². The topological polar surface area (TPSA) is 67.3 Å². The number of benzene rings is 1. The van der Waals surface area contributed by atoms with E-state index in [0.717, 1.165) is 22.5 Å². The lowest BCUT2D eigenvalue weighted by molar-refractivity contribution is 0.0773. The lowest BCUT2D eigenvalue weighted by Crippen LogP contribution is -2.31. The van der Waals surface area contributed by atoms with E-state index < -0.39 is 0 Å². The van der Waals surface area contributed by atoms with E-state index in [-0.39, 0.29) is 5.91 Å². The van der Waals surface area contributed by atoms with Crippen LogP contribution >= 0.6 is 0 Å². The minimum absolute atomic E-state index is 0.0589. The summed E-state index contributed by atoms with van der Waals surface area (Å²) in [6, 6.07) is 11.6. The first-order chi connectivity index (χ1) is 13.6. The predicted octanol–water partition coefficient (Wildman–Crippen LogP) is 4.56. The number of carbonyl (C=O) groups is 1. The summed E-state index contributed by atoms with van der Waals surface area (Å²) in [5.74, 6) is 0.674. The van der Waals surface area contributed by atoms with Crippen LogP contribution in [-0.4, -0.2) is 40.5 Å². The van der Waals surface area contributed by atoms with Crippen LogP contribution in [0.25, 0.3) is 11.0 Å². The fraction of sp³-hybridized carbons (Fsp3) is 0.318. The molecule has 0 aliphatic heterocycles. The number of fused-ring (bicyclic) bond motifs is 1. The summed E-state index contributed by atoms with van der Waals surface area (Å²) in [6.45, 7) is 9.63. The highest BCUT2D eigenvalue weighted by atomic mass is 16.5. The van der Waals surface area contributed by atoms with E-state index in [9.17, 15) is 4.79 Å². The maximum absolute atomic E-state index is 13.1. The van der Waals surface area contributed by atoms with Crippen LogP contribution in [0.1, 0.15) is 36.8 Å². The largest absolute Gasteiger partial charge is 0.492 e. The van der Waals surface area contributed by atoms with Crippen molar-refractivity contribution in [3.05, 3.63) is 53.9 Å². The van der Waals surface area contributed by atoms with Gasteiger partial charge in [-0.05, 0) is 52.0 Å². The first kappa shape index (κ1) is 19.6. The number of pyridine rings is 2. The van der Waals surface area contributed by atoms with Crippen molar-refractivity contribution in [2.45, 2.75) is 27.7 Å². The monoisotopic (exact) mass is 378 g/mol. The van der Waals surface area contributed by atoms with Crippen molar-refractivity contribution in [2.75, 3.05) is 25.0 Å². The molecule has 1 N–H and O–H groups in total. The van der Waals surface area contributed by atoms with Crippen LogP contribution in [0.2, 0.25) is 0 Å². The molecule has 0 spiro atoms. The summed E-state index contributed by atoms with van der Waals surface area (Å²) in [6.07, 6.45) is 1.61. The number of anilines is 2. The minimum Gasteiger partial charge on any atom is -0.492 e. The molecular weight excluding hydrogens is 352 g/mol. The molecule has 0 saturated heterocycles. The van der Waals surface area contributed by atoms with Crippen LogP contribution in [0.15, 0.2) is 42.6 Å². The normalized spacial score (nSPS) is 10.7. The van der Waals surface area contributed by atoms with Crippen LogP contribution < -0.4 is 10.1 Å². The standard InChI is InChI=1S/C22H26N4O2/c1-5-26(6-2)22(27)17-14-23-21-16(13-12-15(4)24-21)20(17)25-18-10-8-9-11-19(18)28-7-3/h8-14H,5-7H2,1-4H3,(H,23,24,25). The van der Waals surface area contributed by atoms with Gasteiger partial charge in [-0.3, -0.25) is 4.79 Å². The zero-order valence-electron chi connectivity index (χ0n) is 16.8. The molecule has 1 aromatic carbocycles. The van der Waals surface area contributed by atoms with E-state index in [2.05, 4.69) is 15.3 Å². The second kappa shape index (κ2) is 8.69. The van der Waals surface area contributed by atoms with E-state index in [4.69, 9.17) is 4.74 Å². The van der Waals surface area contributed by atoms with Gasteiger partial charge in [-0.15, -0.1) is 0 Å². The van der Waals surface area contributed by atoms with E-state index in [1.807, 2.05) is 64.1 Å². The molecular formula is C22H26N4O2. The Bertz CT molecular complexity index is 983. The number of rotatable bonds is 7. The lowest BCUT2D eigenvalue weighted by Gasteiger charge is -2.22. The Labute approximate surface area is 165 Å². The van der Waals surface area contributed by atoms with Gasteiger partial charge in [-0.25, -0.2) is 9.97 Å². The lowest BCUT2D eigenvalue weighted by atomic mass is 10.1. The number of aryl methyl sites for hydroxylation is 1. The van der Waals surface area contributed by atoms with Crippen LogP contribution in [0.4, 0.5) is 11.4 Å². The summed E-state index contributed by atoms with van der Waals surface area (Å²) in [5.41, 5.74) is 3.50. The van der Waals surface area contributed by atoms with Crippen molar-refractivity contribution in [1.82, 2.24) is 14.9 Å². The molecule has 0 bridgehead atoms. The molecule has 0 aliphatic rings. The van der Waals surface area contributed by atoms with Crippen molar-refractivity contribution in [3.63, 3.8) is 0 Å². The van der Waals surface area contributed by atoms with Gasteiger partial charge in [0, 0.05) is 30.4 Å². The highest BCUT2D eigenvalue weighted by Crippen LogP contribution is 2.33. The Kier molecular flexibility index (Phi) is 6.09. The summed E-state index contributed by atoms with van der Waals surface area (Å²) in [4.78, 5) is 23.9. The first-order valence-corrected chi connectivity index (χ1v) is 9.63. The molecule has 2 aromatic heterocycles. The van der Waals surface area contributed by atoms with Crippen molar-refractivity contribution in [2.24, 2.45) is 0 Å². The van der Waals surface area contributed by atoms with Crippen molar-refractivity contribution in [1.29, 1.82) is 0 Å².